The van der Waals surface area contributed by atoms with Crippen molar-refractivity contribution in [1.82, 2.24) is 0 Å². The molecule has 2 nitrogen and oxygen atoms in total. The summed E-state index contributed by atoms with van der Waals surface area (Å²) < 4.78 is 6.25. The van der Waals surface area contributed by atoms with Crippen LogP contribution < -0.4 is 4.90 Å². The lowest BCUT2D eigenvalue weighted by atomic mass is 9.70. The van der Waals surface area contributed by atoms with Crippen molar-refractivity contribution in [3.63, 3.8) is 0 Å². The van der Waals surface area contributed by atoms with Crippen LogP contribution in [0.2, 0.25) is 0 Å². The Morgan fingerprint density at radius 1 is 0.275 bits per heavy atom. The number of hydrogen-bond donors (Lipinski definition) is 0. The summed E-state index contributed by atoms with van der Waals surface area (Å²) in [5, 5.41) is 9.86. The van der Waals surface area contributed by atoms with Gasteiger partial charge in [-0.1, -0.05) is 200 Å². The minimum absolute atomic E-state index is 0.451. The predicted octanol–water partition coefficient (Wildman–Crippen LogP) is 18.2. The van der Waals surface area contributed by atoms with Gasteiger partial charge in [-0.3, -0.25) is 0 Å². The fraction of sp³-hybridized carbons (Fsp3) is 0.0149. The maximum atomic E-state index is 6.25. The van der Waals surface area contributed by atoms with E-state index in [-0.39, 0.29) is 0 Å². The average molecular weight is 876 g/mol. The van der Waals surface area contributed by atoms with Gasteiger partial charge in [0, 0.05) is 27.7 Å². The summed E-state index contributed by atoms with van der Waals surface area (Å²) in [6.45, 7) is 0. The first-order chi connectivity index (χ1) is 34.2. The molecule has 0 radical (unpaired) electrons. The highest BCUT2D eigenvalue weighted by atomic mass is 16.3. The Hall–Kier alpha value is -8.98. The van der Waals surface area contributed by atoms with E-state index in [1.807, 2.05) is 12.1 Å². The number of hydrogen-bond acceptors (Lipinski definition) is 2. The Bertz CT molecular complexity index is 4170. The first-order valence-corrected chi connectivity index (χ1v) is 23.9. The van der Waals surface area contributed by atoms with Crippen LogP contribution in [0.15, 0.2) is 253 Å². The largest absolute Gasteiger partial charge is 0.456 e. The second-order valence-corrected chi connectivity index (χ2v) is 18.7. The molecule has 2 aliphatic carbocycles. The Labute approximate surface area is 399 Å². The van der Waals surface area contributed by atoms with Gasteiger partial charge < -0.3 is 9.32 Å². The average Bonchev–Trinajstić information content (AvgIpc) is 4.05. The monoisotopic (exact) mass is 875 g/mol. The van der Waals surface area contributed by atoms with Gasteiger partial charge in [0.1, 0.15) is 11.2 Å². The topological polar surface area (TPSA) is 16.4 Å². The molecular formula is C67H41NO. The van der Waals surface area contributed by atoms with Gasteiger partial charge in [-0.05, 0) is 142 Å². The van der Waals surface area contributed by atoms with E-state index in [0.717, 1.165) is 55.7 Å². The number of rotatable bonds is 5. The van der Waals surface area contributed by atoms with Gasteiger partial charge in [-0.15, -0.1) is 0 Å². The molecule has 320 valence electrons. The van der Waals surface area contributed by atoms with E-state index in [2.05, 4.69) is 241 Å². The van der Waals surface area contributed by atoms with Crippen molar-refractivity contribution in [2.24, 2.45) is 0 Å². The smallest absolute Gasteiger partial charge is 0.136 e. The molecule has 0 bridgehead atoms. The lowest BCUT2D eigenvalue weighted by Gasteiger charge is -2.32. The second kappa shape index (κ2) is 14.5. The van der Waals surface area contributed by atoms with Crippen molar-refractivity contribution in [3.05, 3.63) is 271 Å². The van der Waals surface area contributed by atoms with Crippen LogP contribution in [-0.4, -0.2) is 0 Å². The Morgan fingerprint density at radius 3 is 1.36 bits per heavy atom. The standard InChI is InChI=1S/C67H41NO/c1-2-16-50-48(14-1)49-15-3-4-17-51(49)58-41-47(37-39-52(50)58)68(46-35-32-43(33-36-46)42-28-30-44(31-29-42)45-34-38-56-55-20-8-12-27-64(55)69-65(56)40-45)63-26-13-25-62-66(63)57-21-7-11-24-61(57)67(62)59-22-9-5-18-53(59)54-19-6-10-23-60(54)67/h1-41H. The maximum Gasteiger partial charge on any atom is 0.136 e. The van der Waals surface area contributed by atoms with Crippen molar-refractivity contribution in [3.8, 4) is 44.5 Å². The van der Waals surface area contributed by atoms with E-state index in [1.54, 1.807) is 0 Å². The molecule has 69 heavy (non-hydrogen) atoms. The van der Waals surface area contributed by atoms with Crippen LogP contribution >= 0.6 is 0 Å². The second-order valence-electron chi connectivity index (χ2n) is 18.7. The molecule has 1 spiro atoms. The fourth-order valence-electron chi connectivity index (χ4n) is 12.3. The zero-order valence-electron chi connectivity index (χ0n) is 37.5. The van der Waals surface area contributed by atoms with Crippen molar-refractivity contribution in [2.75, 3.05) is 4.90 Å². The molecule has 2 aliphatic rings. The molecule has 0 unspecified atom stereocenters. The van der Waals surface area contributed by atoms with Crippen LogP contribution in [-0.2, 0) is 5.41 Å². The summed E-state index contributed by atoms with van der Waals surface area (Å²) in [4.78, 5) is 2.51. The predicted molar refractivity (Wildman–Crippen MR) is 288 cm³/mol. The summed E-state index contributed by atoms with van der Waals surface area (Å²) in [5.41, 5.74) is 19.8. The highest BCUT2D eigenvalue weighted by Gasteiger charge is 2.52. The van der Waals surface area contributed by atoms with Crippen LogP contribution in [0.25, 0.3) is 98.8 Å². The summed E-state index contributed by atoms with van der Waals surface area (Å²) in [7, 11) is 0. The number of para-hydroxylation sites is 1. The molecule has 0 aliphatic heterocycles. The molecular weight excluding hydrogens is 835 g/mol. The van der Waals surface area contributed by atoms with Gasteiger partial charge in [0.2, 0.25) is 0 Å². The first kappa shape index (κ1) is 38.2. The zero-order valence-corrected chi connectivity index (χ0v) is 37.5. The molecule has 0 atom stereocenters. The summed E-state index contributed by atoms with van der Waals surface area (Å²) >= 11 is 0. The summed E-state index contributed by atoms with van der Waals surface area (Å²) in [5.74, 6) is 0. The molecule has 0 saturated heterocycles. The highest BCUT2D eigenvalue weighted by Crippen LogP contribution is 2.64. The molecule has 0 saturated carbocycles. The molecule has 2 heteroatoms. The van der Waals surface area contributed by atoms with E-state index in [1.165, 1.54) is 82.4 Å². The molecule has 1 aromatic heterocycles. The van der Waals surface area contributed by atoms with Gasteiger partial charge >= 0.3 is 0 Å². The first-order valence-electron chi connectivity index (χ1n) is 23.9. The Kier molecular flexibility index (Phi) is 8.02. The minimum atomic E-state index is -0.451. The Morgan fingerprint density at radius 2 is 0.710 bits per heavy atom. The van der Waals surface area contributed by atoms with Crippen LogP contribution in [0.5, 0.6) is 0 Å². The number of benzene rings is 12. The third kappa shape index (κ3) is 5.37. The van der Waals surface area contributed by atoms with Crippen molar-refractivity contribution < 1.29 is 4.42 Å². The zero-order chi connectivity index (χ0) is 45.2. The van der Waals surface area contributed by atoms with Gasteiger partial charge in [0.15, 0.2) is 0 Å². The van der Waals surface area contributed by atoms with Crippen LogP contribution in [0, 0.1) is 0 Å². The highest BCUT2D eigenvalue weighted by molar-refractivity contribution is 6.26. The fourth-order valence-corrected chi connectivity index (χ4v) is 12.3. The van der Waals surface area contributed by atoms with Crippen LogP contribution in [0.4, 0.5) is 17.1 Å². The molecule has 12 aromatic carbocycles. The van der Waals surface area contributed by atoms with E-state index in [9.17, 15) is 0 Å². The maximum absolute atomic E-state index is 6.25. The molecule has 0 amide bonds. The van der Waals surface area contributed by atoms with Gasteiger partial charge in [0.25, 0.3) is 0 Å². The third-order valence-corrected chi connectivity index (χ3v) is 15.3. The molecule has 13 aromatic rings. The van der Waals surface area contributed by atoms with E-state index >= 15 is 0 Å². The molecule has 0 fully saturated rings. The van der Waals surface area contributed by atoms with E-state index in [4.69, 9.17) is 4.42 Å². The van der Waals surface area contributed by atoms with E-state index in [0.29, 0.717) is 0 Å². The van der Waals surface area contributed by atoms with E-state index < -0.39 is 5.41 Å². The third-order valence-electron chi connectivity index (χ3n) is 15.3. The number of fused-ring (bicyclic) bond motifs is 19. The van der Waals surface area contributed by atoms with Gasteiger partial charge in [0.05, 0.1) is 11.1 Å². The lowest BCUT2D eigenvalue weighted by Crippen LogP contribution is -2.26. The minimum Gasteiger partial charge on any atom is -0.456 e. The van der Waals surface area contributed by atoms with Gasteiger partial charge in [-0.2, -0.15) is 0 Å². The van der Waals surface area contributed by atoms with Crippen molar-refractivity contribution in [2.45, 2.75) is 5.41 Å². The summed E-state index contributed by atoms with van der Waals surface area (Å²) in [6.07, 6.45) is 0. The van der Waals surface area contributed by atoms with Crippen molar-refractivity contribution in [1.29, 1.82) is 0 Å². The number of anilines is 3. The normalized spacial score (nSPS) is 13.0. The number of nitrogens with zero attached hydrogens (tertiary/aromatic N) is 1. The number of furan rings is 1. The summed E-state index contributed by atoms with van der Waals surface area (Å²) in [6, 6.07) is 92.0. The molecule has 0 N–H and O–H groups in total. The SMILES string of the molecule is c1ccc2c(c1)-c1ccccc1C21c2ccccc2-c2c(N(c3ccc(-c4ccc(-c5ccc6c(c5)oc5ccccc56)cc4)cc3)c3ccc4c5ccccc5c5ccccc5c4c3)cccc21. The molecule has 1 heterocycles. The lowest BCUT2D eigenvalue weighted by molar-refractivity contribution is 0.669. The van der Waals surface area contributed by atoms with Crippen LogP contribution in [0.3, 0.4) is 0 Å². The van der Waals surface area contributed by atoms with Crippen molar-refractivity contribution >= 4 is 71.3 Å². The Balaban J connectivity index is 0.910. The molecule has 15 rings (SSSR count). The quantitative estimate of drug-likeness (QED) is 0.160. The van der Waals surface area contributed by atoms with Crippen LogP contribution in [0.1, 0.15) is 22.3 Å². The van der Waals surface area contributed by atoms with Gasteiger partial charge in [-0.25, -0.2) is 0 Å².